The molecule has 0 saturated carbocycles. The van der Waals surface area contributed by atoms with Gasteiger partial charge in [-0.15, -0.1) is 0 Å². The van der Waals surface area contributed by atoms with Gasteiger partial charge in [0.2, 0.25) is 18.0 Å². The SMILES string of the molecule is COc1ccc(CC(=O)N[C@@H](C)C(=O)NC2N=C(c3ccccn3)c3ccccc3N(C)C2=O)cc1. The number of carbonyl (C=O) groups excluding carboxylic acids is 3. The van der Waals surface area contributed by atoms with Gasteiger partial charge in [0, 0.05) is 18.8 Å². The zero-order chi connectivity index (χ0) is 25.7. The molecule has 0 spiro atoms. The molecule has 0 fully saturated rings. The lowest BCUT2D eigenvalue weighted by atomic mass is 10.0. The van der Waals surface area contributed by atoms with Crippen molar-refractivity contribution in [2.45, 2.75) is 25.6 Å². The third-order valence-electron chi connectivity index (χ3n) is 5.82. The van der Waals surface area contributed by atoms with E-state index in [1.165, 1.54) is 4.90 Å². The first-order valence-corrected chi connectivity index (χ1v) is 11.5. The van der Waals surface area contributed by atoms with Gasteiger partial charge in [-0.2, -0.15) is 0 Å². The number of para-hydroxylation sites is 1. The minimum atomic E-state index is -1.19. The summed E-state index contributed by atoms with van der Waals surface area (Å²) < 4.78 is 5.12. The number of nitrogens with one attached hydrogen (secondary N) is 2. The summed E-state index contributed by atoms with van der Waals surface area (Å²) in [4.78, 5) is 49.2. The van der Waals surface area contributed by atoms with Crippen molar-refractivity contribution in [3.05, 3.63) is 89.7 Å². The van der Waals surface area contributed by atoms with Gasteiger partial charge in [-0.1, -0.05) is 36.4 Å². The van der Waals surface area contributed by atoms with Crippen molar-refractivity contribution in [2.75, 3.05) is 19.1 Å². The number of aromatic nitrogens is 1. The highest BCUT2D eigenvalue weighted by Crippen LogP contribution is 2.26. The molecule has 36 heavy (non-hydrogen) atoms. The van der Waals surface area contributed by atoms with Crippen LogP contribution < -0.4 is 20.3 Å². The maximum atomic E-state index is 13.2. The van der Waals surface area contributed by atoms with Crippen molar-refractivity contribution in [1.29, 1.82) is 0 Å². The van der Waals surface area contributed by atoms with Crippen molar-refractivity contribution >= 4 is 29.1 Å². The lowest BCUT2D eigenvalue weighted by Gasteiger charge is -2.22. The summed E-state index contributed by atoms with van der Waals surface area (Å²) in [5, 5.41) is 5.36. The van der Waals surface area contributed by atoms with Crippen molar-refractivity contribution in [2.24, 2.45) is 4.99 Å². The number of ether oxygens (including phenoxy) is 1. The van der Waals surface area contributed by atoms with E-state index in [9.17, 15) is 14.4 Å². The van der Waals surface area contributed by atoms with Gasteiger partial charge in [0.1, 0.15) is 11.8 Å². The highest BCUT2D eigenvalue weighted by molar-refractivity contribution is 6.19. The van der Waals surface area contributed by atoms with Gasteiger partial charge in [-0.05, 0) is 42.8 Å². The number of hydrogen-bond donors (Lipinski definition) is 2. The summed E-state index contributed by atoms with van der Waals surface area (Å²) in [6.45, 7) is 1.56. The third-order valence-corrected chi connectivity index (χ3v) is 5.82. The van der Waals surface area contributed by atoms with Crippen LogP contribution in [0, 0.1) is 0 Å². The van der Waals surface area contributed by atoms with E-state index in [0.717, 1.165) is 11.1 Å². The normalized spacial score (nSPS) is 15.8. The maximum absolute atomic E-state index is 13.2. The summed E-state index contributed by atoms with van der Waals surface area (Å²) in [6.07, 6.45) is 0.558. The second-order valence-corrected chi connectivity index (χ2v) is 8.33. The highest BCUT2D eigenvalue weighted by Gasteiger charge is 2.32. The quantitative estimate of drug-likeness (QED) is 0.532. The van der Waals surface area contributed by atoms with Gasteiger partial charge in [0.05, 0.1) is 30.6 Å². The molecule has 3 amide bonds. The van der Waals surface area contributed by atoms with Crippen LogP contribution in [-0.2, 0) is 20.8 Å². The van der Waals surface area contributed by atoms with E-state index in [1.54, 1.807) is 63.7 Å². The summed E-state index contributed by atoms with van der Waals surface area (Å²) in [5.74, 6) is -0.562. The molecule has 2 atom stereocenters. The van der Waals surface area contributed by atoms with Crippen LogP contribution in [0.2, 0.25) is 0 Å². The topological polar surface area (TPSA) is 113 Å². The predicted octanol–water partition coefficient (Wildman–Crippen LogP) is 2.09. The summed E-state index contributed by atoms with van der Waals surface area (Å²) in [5.41, 5.74) is 3.23. The Hall–Kier alpha value is -4.53. The molecule has 4 rings (SSSR count). The zero-order valence-corrected chi connectivity index (χ0v) is 20.3. The van der Waals surface area contributed by atoms with Gasteiger partial charge < -0.3 is 20.3 Å². The van der Waals surface area contributed by atoms with E-state index >= 15 is 0 Å². The average Bonchev–Trinajstić information content (AvgIpc) is 3.00. The largest absolute Gasteiger partial charge is 0.497 e. The molecular formula is C27H27N5O4. The van der Waals surface area contributed by atoms with Gasteiger partial charge in [-0.3, -0.25) is 19.4 Å². The second kappa shape index (κ2) is 10.8. The Kier molecular flexibility index (Phi) is 7.39. The number of rotatable bonds is 7. The molecule has 2 heterocycles. The molecule has 3 aromatic rings. The van der Waals surface area contributed by atoms with E-state index < -0.39 is 24.0 Å². The van der Waals surface area contributed by atoms with E-state index in [0.29, 0.717) is 22.8 Å². The number of benzene rings is 2. The molecule has 0 aliphatic carbocycles. The predicted molar refractivity (Wildman–Crippen MR) is 136 cm³/mol. The molecule has 0 bridgehead atoms. The Morgan fingerprint density at radius 3 is 2.47 bits per heavy atom. The van der Waals surface area contributed by atoms with Crippen molar-refractivity contribution in [1.82, 2.24) is 15.6 Å². The number of aliphatic imine (C=N–C) groups is 1. The van der Waals surface area contributed by atoms with Crippen LogP contribution in [0.25, 0.3) is 0 Å². The summed E-state index contributed by atoms with van der Waals surface area (Å²) in [6, 6.07) is 19.0. The number of fused-ring (bicyclic) bond motifs is 1. The summed E-state index contributed by atoms with van der Waals surface area (Å²) >= 11 is 0. The van der Waals surface area contributed by atoms with E-state index in [-0.39, 0.29) is 12.3 Å². The Morgan fingerprint density at radius 2 is 1.78 bits per heavy atom. The van der Waals surface area contributed by atoms with Gasteiger partial charge >= 0.3 is 0 Å². The fourth-order valence-corrected chi connectivity index (χ4v) is 3.87. The van der Waals surface area contributed by atoms with Crippen LogP contribution >= 0.6 is 0 Å². The number of pyridine rings is 1. The standard InChI is InChI=1S/C27H27N5O4/c1-17(29-23(33)16-18-11-13-19(36-3)14-12-18)26(34)31-25-27(35)32(2)22-10-5-4-8-20(22)24(30-25)21-9-6-7-15-28-21/h4-15,17,25H,16H2,1-3H3,(H,29,33)(H,31,34)/t17-,25?/m0/s1. The molecule has 1 aliphatic rings. The van der Waals surface area contributed by atoms with Gasteiger partial charge in [-0.25, -0.2) is 4.99 Å². The third kappa shape index (κ3) is 5.41. The molecule has 1 unspecified atom stereocenters. The number of benzodiazepines with no additional fused rings is 1. The molecular weight excluding hydrogens is 458 g/mol. The van der Waals surface area contributed by atoms with Crippen molar-refractivity contribution in [3.8, 4) is 5.75 Å². The molecule has 2 aromatic carbocycles. The molecule has 0 radical (unpaired) electrons. The van der Waals surface area contributed by atoms with E-state index in [4.69, 9.17) is 4.74 Å². The van der Waals surface area contributed by atoms with Crippen molar-refractivity contribution in [3.63, 3.8) is 0 Å². The van der Waals surface area contributed by atoms with Crippen LogP contribution in [0.5, 0.6) is 5.75 Å². The maximum Gasteiger partial charge on any atom is 0.272 e. The van der Waals surface area contributed by atoms with E-state index in [2.05, 4.69) is 20.6 Å². The Balaban J connectivity index is 1.51. The van der Waals surface area contributed by atoms with Gasteiger partial charge in [0.25, 0.3) is 5.91 Å². The number of carbonyl (C=O) groups is 3. The Bertz CT molecular complexity index is 1290. The Labute approximate surface area is 209 Å². The lowest BCUT2D eigenvalue weighted by molar-refractivity contribution is -0.130. The summed E-state index contributed by atoms with van der Waals surface area (Å²) in [7, 11) is 3.21. The molecule has 2 N–H and O–H groups in total. The number of nitrogens with zero attached hydrogens (tertiary/aromatic N) is 3. The molecule has 184 valence electrons. The first-order chi connectivity index (χ1) is 17.4. The number of methoxy groups -OCH3 is 1. The molecule has 1 aromatic heterocycles. The van der Waals surface area contributed by atoms with Crippen LogP contribution in [0.1, 0.15) is 23.7 Å². The van der Waals surface area contributed by atoms with Crippen LogP contribution in [0.15, 0.2) is 77.9 Å². The molecule has 0 saturated heterocycles. The van der Waals surface area contributed by atoms with Crippen LogP contribution in [0.3, 0.4) is 0 Å². The monoisotopic (exact) mass is 485 g/mol. The zero-order valence-electron chi connectivity index (χ0n) is 20.3. The minimum absolute atomic E-state index is 0.101. The fraction of sp³-hybridized carbons (Fsp3) is 0.222. The molecule has 1 aliphatic heterocycles. The Morgan fingerprint density at radius 1 is 1.06 bits per heavy atom. The van der Waals surface area contributed by atoms with Gasteiger partial charge in [0.15, 0.2) is 0 Å². The first-order valence-electron chi connectivity index (χ1n) is 11.5. The van der Waals surface area contributed by atoms with E-state index in [1.807, 2.05) is 30.3 Å². The second-order valence-electron chi connectivity index (χ2n) is 8.33. The van der Waals surface area contributed by atoms with Crippen molar-refractivity contribution < 1.29 is 19.1 Å². The lowest BCUT2D eigenvalue weighted by Crippen LogP contribution is -2.52. The number of anilines is 1. The average molecular weight is 486 g/mol. The van der Waals surface area contributed by atoms with Crippen LogP contribution in [0.4, 0.5) is 5.69 Å². The van der Waals surface area contributed by atoms with Crippen LogP contribution in [-0.4, -0.2) is 54.8 Å². The number of amides is 3. The minimum Gasteiger partial charge on any atom is -0.497 e. The molecule has 9 heteroatoms. The number of hydrogen-bond acceptors (Lipinski definition) is 6. The fourth-order valence-electron chi connectivity index (χ4n) is 3.87. The highest BCUT2D eigenvalue weighted by atomic mass is 16.5. The molecule has 9 nitrogen and oxygen atoms in total. The smallest absolute Gasteiger partial charge is 0.272 e. The first kappa shape index (κ1) is 24.6. The number of likely N-dealkylation sites (N-methyl/N-ethyl adjacent to an activating group) is 1.